The van der Waals surface area contributed by atoms with Crippen molar-refractivity contribution >= 4 is 28.7 Å². The summed E-state index contributed by atoms with van der Waals surface area (Å²) in [4.78, 5) is 36.7. The number of rotatable bonds is 5. The monoisotopic (exact) mass is 354 g/mol. The molecule has 7 nitrogen and oxygen atoms in total. The van der Waals surface area contributed by atoms with Crippen molar-refractivity contribution in [1.29, 1.82) is 0 Å². The van der Waals surface area contributed by atoms with Crippen LogP contribution in [0, 0.1) is 11.8 Å². The zero-order valence-electron chi connectivity index (χ0n) is 13.3. The van der Waals surface area contributed by atoms with Crippen molar-refractivity contribution in [2.24, 2.45) is 11.8 Å². The van der Waals surface area contributed by atoms with Gasteiger partial charge in [-0.25, -0.2) is 0 Å². The molecule has 0 N–H and O–H groups in total. The minimum Gasteiger partial charge on any atom is -0.468 e. The summed E-state index contributed by atoms with van der Waals surface area (Å²) in [6.45, 7) is 0.0382. The Kier molecular flexibility index (Phi) is 6.08. The Bertz CT molecular complexity index is 627. The van der Waals surface area contributed by atoms with Gasteiger partial charge in [0.2, 0.25) is 0 Å². The Balaban J connectivity index is 2.40. The van der Waals surface area contributed by atoms with Crippen LogP contribution in [0.2, 0.25) is 0 Å². The van der Waals surface area contributed by atoms with Gasteiger partial charge in [0.15, 0.2) is 5.92 Å². The number of ether oxygens (including phenoxy) is 3. The fourth-order valence-electron chi connectivity index (χ4n) is 2.69. The molecule has 0 spiro atoms. The Hall–Kier alpha value is -2.22. The zero-order chi connectivity index (χ0) is 17.7. The highest BCUT2D eigenvalue weighted by Gasteiger charge is 2.49. The number of cyclic esters (lactones) is 1. The largest absolute Gasteiger partial charge is 0.468 e. The lowest BCUT2D eigenvalue weighted by molar-refractivity contribution is -0.165. The van der Waals surface area contributed by atoms with E-state index in [0.29, 0.717) is 4.90 Å². The SMILES string of the molecule is COC(=O)C(C(=O)OC)C1CCOC(=O)C1S(=O)c1ccccc1. The highest BCUT2D eigenvalue weighted by molar-refractivity contribution is 7.86. The van der Waals surface area contributed by atoms with Gasteiger partial charge in [0, 0.05) is 10.8 Å². The first-order valence-electron chi connectivity index (χ1n) is 7.29. The lowest BCUT2D eigenvalue weighted by Gasteiger charge is -2.32. The van der Waals surface area contributed by atoms with E-state index in [-0.39, 0.29) is 13.0 Å². The molecule has 130 valence electrons. The molecule has 2 rings (SSSR count). The molecule has 1 aromatic carbocycles. The summed E-state index contributed by atoms with van der Waals surface area (Å²) in [6.07, 6.45) is 0.212. The number of hydrogen-bond donors (Lipinski definition) is 0. The molecule has 3 atom stereocenters. The van der Waals surface area contributed by atoms with Gasteiger partial charge in [0.25, 0.3) is 0 Å². The van der Waals surface area contributed by atoms with E-state index < -0.39 is 45.8 Å². The molecular weight excluding hydrogens is 336 g/mol. The van der Waals surface area contributed by atoms with Crippen LogP contribution in [-0.4, -0.2) is 48.2 Å². The van der Waals surface area contributed by atoms with Gasteiger partial charge in [0.1, 0.15) is 5.25 Å². The van der Waals surface area contributed by atoms with E-state index in [4.69, 9.17) is 4.74 Å². The highest BCUT2D eigenvalue weighted by atomic mass is 32.2. The molecule has 8 heteroatoms. The predicted octanol–water partition coefficient (Wildman–Crippen LogP) is 0.688. The Morgan fingerprint density at radius 3 is 2.29 bits per heavy atom. The lowest BCUT2D eigenvalue weighted by Crippen LogP contribution is -2.48. The van der Waals surface area contributed by atoms with E-state index >= 15 is 0 Å². The summed E-state index contributed by atoms with van der Waals surface area (Å²) in [7, 11) is 0.505. The van der Waals surface area contributed by atoms with Gasteiger partial charge in [-0.15, -0.1) is 0 Å². The van der Waals surface area contributed by atoms with Crippen LogP contribution in [0.1, 0.15) is 6.42 Å². The number of carbonyl (C=O) groups is 3. The first-order valence-corrected chi connectivity index (χ1v) is 8.50. The van der Waals surface area contributed by atoms with E-state index in [1.54, 1.807) is 30.3 Å². The van der Waals surface area contributed by atoms with Crippen molar-refractivity contribution in [3.05, 3.63) is 30.3 Å². The van der Waals surface area contributed by atoms with Crippen molar-refractivity contribution in [2.75, 3.05) is 20.8 Å². The summed E-state index contributed by atoms with van der Waals surface area (Å²) >= 11 is 0. The summed E-state index contributed by atoms with van der Waals surface area (Å²) in [5.41, 5.74) is 0. The average Bonchev–Trinajstić information content (AvgIpc) is 2.61. The third-order valence-corrected chi connectivity index (χ3v) is 5.60. The Labute approximate surface area is 141 Å². The fourth-order valence-corrected chi connectivity index (χ4v) is 4.26. The van der Waals surface area contributed by atoms with Gasteiger partial charge in [-0.05, 0) is 18.6 Å². The maximum absolute atomic E-state index is 12.9. The van der Waals surface area contributed by atoms with Crippen LogP contribution in [0.25, 0.3) is 0 Å². The molecule has 0 saturated carbocycles. The maximum Gasteiger partial charge on any atom is 0.322 e. The maximum atomic E-state index is 12.9. The van der Waals surface area contributed by atoms with Crippen LogP contribution < -0.4 is 0 Å². The number of carbonyl (C=O) groups excluding carboxylic acids is 3. The first-order chi connectivity index (χ1) is 11.5. The molecule has 0 bridgehead atoms. The average molecular weight is 354 g/mol. The van der Waals surface area contributed by atoms with E-state index in [1.807, 2.05) is 0 Å². The molecule has 0 aromatic heterocycles. The van der Waals surface area contributed by atoms with Crippen LogP contribution in [0.15, 0.2) is 35.2 Å². The minimum atomic E-state index is -1.78. The van der Waals surface area contributed by atoms with Crippen LogP contribution in [0.5, 0.6) is 0 Å². The molecule has 3 unspecified atom stereocenters. The van der Waals surface area contributed by atoms with Crippen molar-refractivity contribution < 1.29 is 32.8 Å². The highest BCUT2D eigenvalue weighted by Crippen LogP contribution is 2.32. The molecule has 1 saturated heterocycles. The molecule has 1 aliphatic heterocycles. The second-order valence-corrected chi connectivity index (χ2v) is 6.75. The fraction of sp³-hybridized carbons (Fsp3) is 0.438. The summed E-state index contributed by atoms with van der Waals surface area (Å²) in [5, 5.41) is -1.15. The Morgan fingerprint density at radius 2 is 1.75 bits per heavy atom. The molecule has 1 heterocycles. The van der Waals surface area contributed by atoms with Gasteiger partial charge in [-0.3, -0.25) is 18.6 Å². The van der Waals surface area contributed by atoms with Gasteiger partial charge < -0.3 is 14.2 Å². The van der Waals surface area contributed by atoms with Gasteiger partial charge in [-0.1, -0.05) is 18.2 Å². The minimum absolute atomic E-state index is 0.0382. The van der Waals surface area contributed by atoms with Gasteiger partial charge in [0.05, 0.1) is 31.6 Å². The molecule has 0 aliphatic carbocycles. The van der Waals surface area contributed by atoms with Crippen LogP contribution >= 0.6 is 0 Å². The summed E-state index contributed by atoms with van der Waals surface area (Å²) in [5.74, 6) is -4.50. The standard InChI is InChI=1S/C16H18O7S/c1-21-14(17)12(15(18)22-2)11-8-9-23-16(19)13(11)24(20)10-6-4-3-5-7-10/h3-7,11-13H,8-9H2,1-2H3. The molecular formula is C16H18O7S. The van der Waals surface area contributed by atoms with Crippen LogP contribution in [0.4, 0.5) is 0 Å². The number of esters is 3. The third kappa shape index (κ3) is 3.64. The smallest absolute Gasteiger partial charge is 0.322 e. The van der Waals surface area contributed by atoms with E-state index in [0.717, 1.165) is 14.2 Å². The quantitative estimate of drug-likeness (QED) is 0.436. The van der Waals surface area contributed by atoms with Gasteiger partial charge in [-0.2, -0.15) is 0 Å². The molecule has 1 fully saturated rings. The van der Waals surface area contributed by atoms with E-state index in [1.165, 1.54) is 0 Å². The topological polar surface area (TPSA) is 96.0 Å². The van der Waals surface area contributed by atoms with Crippen molar-refractivity contribution in [3.8, 4) is 0 Å². The zero-order valence-corrected chi connectivity index (χ0v) is 14.1. The second kappa shape index (κ2) is 8.05. The number of methoxy groups -OCH3 is 2. The van der Waals surface area contributed by atoms with Crippen molar-refractivity contribution in [1.82, 2.24) is 0 Å². The Morgan fingerprint density at radius 1 is 1.17 bits per heavy atom. The van der Waals surface area contributed by atoms with Gasteiger partial charge >= 0.3 is 17.9 Å². The number of hydrogen-bond acceptors (Lipinski definition) is 7. The molecule has 0 radical (unpaired) electrons. The molecule has 1 aromatic rings. The summed E-state index contributed by atoms with van der Waals surface area (Å²) < 4.78 is 27.2. The summed E-state index contributed by atoms with van der Waals surface area (Å²) in [6, 6.07) is 8.35. The second-order valence-electron chi connectivity index (χ2n) is 5.18. The first kappa shape index (κ1) is 18.1. The third-order valence-electron chi connectivity index (χ3n) is 3.86. The predicted molar refractivity (Wildman–Crippen MR) is 83.2 cm³/mol. The molecule has 24 heavy (non-hydrogen) atoms. The van der Waals surface area contributed by atoms with E-state index in [9.17, 15) is 18.6 Å². The lowest BCUT2D eigenvalue weighted by atomic mass is 9.85. The number of benzene rings is 1. The van der Waals surface area contributed by atoms with E-state index in [2.05, 4.69) is 9.47 Å². The van der Waals surface area contributed by atoms with Crippen LogP contribution in [0.3, 0.4) is 0 Å². The van der Waals surface area contributed by atoms with Crippen LogP contribution in [-0.2, 0) is 39.4 Å². The molecule has 1 aliphatic rings. The molecule has 0 amide bonds. The van der Waals surface area contributed by atoms with Crippen molar-refractivity contribution in [2.45, 2.75) is 16.6 Å². The van der Waals surface area contributed by atoms with Crippen molar-refractivity contribution in [3.63, 3.8) is 0 Å². The normalized spacial score (nSPS) is 21.7.